The molecular weight excluding hydrogens is 421 g/mol. The second kappa shape index (κ2) is 9.23. The van der Waals surface area contributed by atoms with Crippen molar-refractivity contribution in [2.45, 2.75) is 25.3 Å². The van der Waals surface area contributed by atoms with Crippen LogP contribution in [-0.2, 0) is 16.6 Å². The second-order valence-electron chi connectivity index (χ2n) is 6.83. The summed E-state index contributed by atoms with van der Waals surface area (Å²) in [5, 5.41) is 2.75. The van der Waals surface area contributed by atoms with Crippen LogP contribution in [0.1, 0.15) is 27.0 Å². The van der Waals surface area contributed by atoms with Crippen molar-refractivity contribution in [1.29, 1.82) is 0 Å². The number of sulfonamides is 1. The van der Waals surface area contributed by atoms with E-state index in [2.05, 4.69) is 15.0 Å². The van der Waals surface area contributed by atoms with Crippen molar-refractivity contribution in [1.82, 2.24) is 15.0 Å². The first kappa shape index (κ1) is 22.4. The van der Waals surface area contributed by atoms with Crippen LogP contribution in [0.25, 0.3) is 0 Å². The Morgan fingerprint density at radius 2 is 1.90 bits per heavy atom. The SMILES string of the molecule is CNS(=O)(=O)c1cc(C(=O)NCc2cccnc2Oc2cccc(F)c2)cc(C)c1C. The van der Waals surface area contributed by atoms with Gasteiger partial charge in [0.1, 0.15) is 11.6 Å². The summed E-state index contributed by atoms with van der Waals surface area (Å²) in [6, 6.07) is 12.0. The number of aromatic nitrogens is 1. The lowest BCUT2D eigenvalue weighted by Gasteiger charge is -2.13. The van der Waals surface area contributed by atoms with Crippen molar-refractivity contribution in [3.63, 3.8) is 0 Å². The van der Waals surface area contributed by atoms with E-state index in [1.807, 2.05) is 0 Å². The van der Waals surface area contributed by atoms with Gasteiger partial charge in [-0.25, -0.2) is 22.5 Å². The first-order chi connectivity index (χ1) is 14.7. The van der Waals surface area contributed by atoms with Gasteiger partial charge < -0.3 is 10.1 Å². The number of nitrogens with zero attached hydrogens (tertiary/aromatic N) is 1. The van der Waals surface area contributed by atoms with Crippen LogP contribution in [0.4, 0.5) is 4.39 Å². The summed E-state index contributed by atoms with van der Waals surface area (Å²) in [6.45, 7) is 3.51. The minimum Gasteiger partial charge on any atom is -0.439 e. The molecule has 0 fully saturated rings. The smallest absolute Gasteiger partial charge is 0.251 e. The van der Waals surface area contributed by atoms with Crippen molar-refractivity contribution in [2.75, 3.05) is 7.05 Å². The van der Waals surface area contributed by atoms with Gasteiger partial charge in [-0.2, -0.15) is 0 Å². The molecule has 7 nitrogen and oxygen atoms in total. The molecule has 1 aromatic heterocycles. The minimum atomic E-state index is -3.71. The molecule has 3 rings (SSSR count). The zero-order valence-electron chi connectivity index (χ0n) is 17.3. The topological polar surface area (TPSA) is 97.4 Å². The van der Waals surface area contributed by atoms with Gasteiger partial charge in [-0.05, 0) is 62.4 Å². The molecule has 1 amide bonds. The lowest BCUT2D eigenvalue weighted by Crippen LogP contribution is -2.25. The maximum Gasteiger partial charge on any atom is 0.251 e. The fourth-order valence-corrected chi connectivity index (χ4v) is 3.98. The van der Waals surface area contributed by atoms with Crippen molar-refractivity contribution in [2.24, 2.45) is 0 Å². The highest BCUT2D eigenvalue weighted by Gasteiger charge is 2.19. The predicted molar refractivity (Wildman–Crippen MR) is 114 cm³/mol. The lowest BCUT2D eigenvalue weighted by molar-refractivity contribution is 0.0950. The lowest BCUT2D eigenvalue weighted by atomic mass is 10.1. The number of pyridine rings is 1. The molecule has 3 aromatic rings. The van der Waals surface area contributed by atoms with Crippen molar-refractivity contribution in [3.05, 3.63) is 82.8 Å². The molecule has 0 radical (unpaired) electrons. The largest absolute Gasteiger partial charge is 0.439 e. The number of amides is 1. The van der Waals surface area contributed by atoms with Crippen LogP contribution >= 0.6 is 0 Å². The summed E-state index contributed by atoms with van der Waals surface area (Å²) >= 11 is 0. The second-order valence-corrected chi connectivity index (χ2v) is 8.69. The highest BCUT2D eigenvalue weighted by molar-refractivity contribution is 7.89. The van der Waals surface area contributed by atoms with Crippen LogP contribution in [0.5, 0.6) is 11.6 Å². The van der Waals surface area contributed by atoms with Crippen LogP contribution in [0.3, 0.4) is 0 Å². The Balaban J connectivity index is 1.81. The maximum absolute atomic E-state index is 13.4. The molecule has 0 aliphatic carbocycles. The summed E-state index contributed by atoms with van der Waals surface area (Å²) in [5.74, 6) is -0.379. The molecule has 0 aliphatic rings. The number of halogens is 1. The number of hydrogen-bond donors (Lipinski definition) is 2. The summed E-state index contributed by atoms with van der Waals surface area (Å²) in [6.07, 6.45) is 1.53. The third-order valence-electron chi connectivity index (χ3n) is 4.74. The molecule has 0 unspecified atom stereocenters. The molecule has 31 heavy (non-hydrogen) atoms. The Kier molecular flexibility index (Phi) is 6.67. The van der Waals surface area contributed by atoms with E-state index < -0.39 is 21.7 Å². The molecular formula is C22H22FN3O4S. The number of hydrogen-bond acceptors (Lipinski definition) is 5. The molecule has 0 atom stereocenters. The molecule has 9 heteroatoms. The third kappa shape index (κ3) is 5.25. The maximum atomic E-state index is 13.4. The fraction of sp³-hybridized carbons (Fsp3) is 0.182. The van der Waals surface area contributed by atoms with E-state index in [1.165, 1.54) is 37.5 Å². The number of nitrogens with one attached hydrogen (secondary N) is 2. The van der Waals surface area contributed by atoms with Crippen LogP contribution in [0.15, 0.2) is 59.6 Å². The molecule has 2 N–H and O–H groups in total. The van der Waals surface area contributed by atoms with E-state index in [4.69, 9.17) is 4.74 Å². The van der Waals surface area contributed by atoms with Gasteiger partial charge in [0, 0.05) is 29.9 Å². The van der Waals surface area contributed by atoms with Crippen LogP contribution in [0.2, 0.25) is 0 Å². The average molecular weight is 444 g/mol. The Bertz CT molecular complexity index is 1230. The van der Waals surface area contributed by atoms with Crippen LogP contribution in [-0.4, -0.2) is 26.4 Å². The molecule has 2 aromatic carbocycles. The first-order valence-corrected chi connectivity index (χ1v) is 10.9. The summed E-state index contributed by atoms with van der Waals surface area (Å²) < 4.78 is 45.9. The molecule has 1 heterocycles. The Morgan fingerprint density at radius 3 is 2.61 bits per heavy atom. The molecule has 0 aliphatic heterocycles. The monoisotopic (exact) mass is 443 g/mol. The number of carbonyl (C=O) groups is 1. The van der Waals surface area contributed by atoms with E-state index in [1.54, 1.807) is 38.1 Å². The van der Waals surface area contributed by atoms with Crippen LogP contribution in [0, 0.1) is 19.7 Å². The minimum absolute atomic E-state index is 0.0525. The predicted octanol–water partition coefficient (Wildman–Crippen LogP) is 3.47. The van der Waals surface area contributed by atoms with Gasteiger partial charge in [0.15, 0.2) is 0 Å². The van der Waals surface area contributed by atoms with E-state index in [-0.39, 0.29) is 28.6 Å². The molecule has 0 saturated heterocycles. The highest BCUT2D eigenvalue weighted by atomic mass is 32.2. The quantitative estimate of drug-likeness (QED) is 0.583. The van der Waals surface area contributed by atoms with Crippen molar-refractivity contribution < 1.29 is 22.3 Å². The molecule has 0 bridgehead atoms. The Labute approximate surface area is 180 Å². The summed E-state index contributed by atoms with van der Waals surface area (Å²) in [4.78, 5) is 16.9. The number of aryl methyl sites for hydroxylation is 1. The molecule has 0 saturated carbocycles. The summed E-state index contributed by atoms with van der Waals surface area (Å²) in [5.41, 5.74) is 2.04. The number of rotatable bonds is 7. The number of carbonyl (C=O) groups excluding carboxylic acids is 1. The van der Waals surface area contributed by atoms with Gasteiger partial charge in [-0.15, -0.1) is 0 Å². The van der Waals surface area contributed by atoms with Crippen molar-refractivity contribution in [3.8, 4) is 11.6 Å². The third-order valence-corrected chi connectivity index (χ3v) is 6.28. The number of ether oxygens (including phenoxy) is 1. The summed E-state index contributed by atoms with van der Waals surface area (Å²) in [7, 11) is -2.39. The van der Waals surface area contributed by atoms with Gasteiger partial charge >= 0.3 is 0 Å². The van der Waals surface area contributed by atoms with Gasteiger partial charge in [0.2, 0.25) is 15.9 Å². The van der Waals surface area contributed by atoms with Gasteiger partial charge in [0.25, 0.3) is 5.91 Å². The number of benzene rings is 2. The fourth-order valence-electron chi connectivity index (χ4n) is 2.92. The zero-order valence-corrected chi connectivity index (χ0v) is 18.1. The van der Waals surface area contributed by atoms with E-state index in [0.717, 1.165) is 0 Å². The van der Waals surface area contributed by atoms with E-state index in [0.29, 0.717) is 16.7 Å². The van der Waals surface area contributed by atoms with Gasteiger partial charge in [0.05, 0.1) is 4.90 Å². The zero-order chi connectivity index (χ0) is 22.6. The highest BCUT2D eigenvalue weighted by Crippen LogP contribution is 2.24. The van der Waals surface area contributed by atoms with Crippen molar-refractivity contribution >= 4 is 15.9 Å². The van der Waals surface area contributed by atoms with Gasteiger partial charge in [-0.1, -0.05) is 12.1 Å². The van der Waals surface area contributed by atoms with Crippen LogP contribution < -0.4 is 14.8 Å². The van der Waals surface area contributed by atoms with Gasteiger partial charge in [-0.3, -0.25) is 4.79 Å². The normalized spacial score (nSPS) is 11.2. The molecule has 0 spiro atoms. The standard InChI is InChI=1S/C22H22FN3O4S/c1-14-10-17(11-20(15(14)2)31(28,29)24-3)21(27)26-13-16-6-5-9-25-22(16)30-19-8-4-7-18(23)12-19/h4-12,24H,13H2,1-3H3,(H,26,27). The van der Waals surface area contributed by atoms with E-state index >= 15 is 0 Å². The average Bonchev–Trinajstić information content (AvgIpc) is 2.74. The Morgan fingerprint density at radius 1 is 1.13 bits per heavy atom. The first-order valence-electron chi connectivity index (χ1n) is 9.41. The molecule has 162 valence electrons. The Hall–Kier alpha value is -3.30. The van der Waals surface area contributed by atoms with E-state index in [9.17, 15) is 17.6 Å².